The molecule has 5 nitrogen and oxygen atoms in total. The van der Waals surface area contributed by atoms with E-state index in [1.165, 1.54) is 25.9 Å². The normalized spacial score (nSPS) is 18.7. The van der Waals surface area contributed by atoms with Gasteiger partial charge in [-0.2, -0.15) is 5.10 Å². The third-order valence-corrected chi connectivity index (χ3v) is 3.70. The molecule has 102 valence electrons. The summed E-state index contributed by atoms with van der Waals surface area (Å²) in [5, 5.41) is 7.57. The Hall–Kier alpha value is -0.940. The summed E-state index contributed by atoms with van der Waals surface area (Å²) in [6, 6.07) is 0.393. The van der Waals surface area contributed by atoms with Crippen LogP contribution in [0.1, 0.15) is 38.6 Å². The molecule has 1 aliphatic rings. The fourth-order valence-corrected chi connectivity index (χ4v) is 2.66. The molecule has 0 unspecified atom stereocenters. The predicted molar refractivity (Wildman–Crippen MR) is 72.3 cm³/mol. The van der Waals surface area contributed by atoms with Gasteiger partial charge in [-0.05, 0) is 59.3 Å². The number of piperidine rings is 1. The van der Waals surface area contributed by atoms with Crippen LogP contribution in [0.25, 0.3) is 0 Å². The third-order valence-electron chi connectivity index (χ3n) is 3.70. The van der Waals surface area contributed by atoms with Gasteiger partial charge in [-0.1, -0.05) is 0 Å². The quantitative estimate of drug-likeness (QED) is 0.856. The van der Waals surface area contributed by atoms with Crippen LogP contribution in [-0.4, -0.2) is 46.3 Å². The average Bonchev–Trinajstić information content (AvgIpc) is 2.80. The first-order chi connectivity index (χ1) is 8.70. The predicted octanol–water partition coefficient (Wildman–Crippen LogP) is 1.29. The molecule has 5 heteroatoms. The molecule has 0 saturated carbocycles. The van der Waals surface area contributed by atoms with Crippen molar-refractivity contribution in [3.63, 3.8) is 0 Å². The van der Waals surface area contributed by atoms with Crippen molar-refractivity contribution in [2.45, 2.75) is 39.3 Å². The van der Waals surface area contributed by atoms with Crippen molar-refractivity contribution >= 4 is 0 Å². The Balaban J connectivity index is 1.86. The number of rotatable bonds is 5. The van der Waals surface area contributed by atoms with E-state index < -0.39 is 0 Å². The Morgan fingerprint density at radius 2 is 2.11 bits per heavy atom. The van der Waals surface area contributed by atoms with Crippen LogP contribution in [0.2, 0.25) is 0 Å². The molecule has 0 aromatic carbocycles. The maximum atomic E-state index is 4.38. The summed E-state index contributed by atoms with van der Waals surface area (Å²) in [7, 11) is 2.04. The largest absolute Gasteiger partial charge is 0.319 e. The minimum Gasteiger partial charge on any atom is -0.319 e. The van der Waals surface area contributed by atoms with E-state index in [2.05, 4.69) is 34.1 Å². The number of likely N-dealkylation sites (tertiary alicyclic amines) is 1. The molecule has 1 N–H and O–H groups in total. The Kier molecular flexibility index (Phi) is 4.72. The lowest BCUT2D eigenvalue weighted by atomic mass is 9.97. The van der Waals surface area contributed by atoms with Crippen molar-refractivity contribution in [1.82, 2.24) is 25.0 Å². The molecule has 0 atom stereocenters. The summed E-state index contributed by atoms with van der Waals surface area (Å²) in [5.41, 5.74) is 0. The highest BCUT2D eigenvalue weighted by atomic mass is 15.4. The molecule has 1 fully saturated rings. The third kappa shape index (κ3) is 3.29. The molecule has 0 bridgehead atoms. The summed E-state index contributed by atoms with van der Waals surface area (Å²) >= 11 is 0. The minimum absolute atomic E-state index is 0.393. The van der Waals surface area contributed by atoms with Gasteiger partial charge in [0.05, 0.1) is 6.54 Å². The average molecular weight is 251 g/mol. The Morgan fingerprint density at radius 1 is 1.39 bits per heavy atom. The van der Waals surface area contributed by atoms with Gasteiger partial charge in [-0.3, -0.25) is 4.90 Å². The minimum atomic E-state index is 0.393. The van der Waals surface area contributed by atoms with Crippen molar-refractivity contribution < 1.29 is 0 Å². The van der Waals surface area contributed by atoms with Crippen LogP contribution in [0.4, 0.5) is 0 Å². The standard InChI is InChI=1S/C13H25N5/c1-11(2)18-13(15-10-16-18)9-17-6-4-12(5-7-17)8-14-3/h10-12,14H,4-9H2,1-3H3. The smallest absolute Gasteiger partial charge is 0.141 e. The molecule has 1 saturated heterocycles. The molecule has 1 aromatic rings. The topological polar surface area (TPSA) is 46.0 Å². The van der Waals surface area contributed by atoms with E-state index in [9.17, 15) is 0 Å². The Morgan fingerprint density at radius 3 is 2.72 bits per heavy atom. The molecule has 1 aromatic heterocycles. The molecular formula is C13H25N5. The first-order valence-electron chi connectivity index (χ1n) is 6.96. The van der Waals surface area contributed by atoms with E-state index in [4.69, 9.17) is 0 Å². The van der Waals surface area contributed by atoms with Gasteiger partial charge in [0.2, 0.25) is 0 Å². The number of hydrogen-bond acceptors (Lipinski definition) is 4. The van der Waals surface area contributed by atoms with E-state index in [0.717, 1.165) is 24.8 Å². The molecule has 1 aliphatic heterocycles. The molecule has 18 heavy (non-hydrogen) atoms. The monoisotopic (exact) mass is 251 g/mol. The Labute approximate surface area is 110 Å². The number of nitrogens with one attached hydrogen (secondary N) is 1. The maximum Gasteiger partial charge on any atom is 0.141 e. The number of nitrogens with zero attached hydrogens (tertiary/aromatic N) is 4. The second kappa shape index (κ2) is 6.29. The van der Waals surface area contributed by atoms with E-state index in [1.54, 1.807) is 6.33 Å². The Bertz CT molecular complexity index is 352. The lowest BCUT2D eigenvalue weighted by Gasteiger charge is -2.31. The van der Waals surface area contributed by atoms with Crippen LogP contribution in [0.15, 0.2) is 6.33 Å². The zero-order chi connectivity index (χ0) is 13.0. The van der Waals surface area contributed by atoms with E-state index >= 15 is 0 Å². The van der Waals surface area contributed by atoms with Gasteiger partial charge in [0.1, 0.15) is 12.2 Å². The molecule has 0 spiro atoms. The second-order valence-electron chi connectivity index (χ2n) is 5.49. The van der Waals surface area contributed by atoms with Crippen molar-refractivity contribution in [3.8, 4) is 0 Å². The summed E-state index contributed by atoms with van der Waals surface area (Å²) in [4.78, 5) is 6.88. The molecule has 0 radical (unpaired) electrons. The lowest BCUT2D eigenvalue weighted by Crippen LogP contribution is -2.37. The summed E-state index contributed by atoms with van der Waals surface area (Å²) < 4.78 is 2.03. The molecular weight excluding hydrogens is 226 g/mol. The summed E-state index contributed by atoms with van der Waals surface area (Å²) in [5.74, 6) is 1.94. The van der Waals surface area contributed by atoms with E-state index in [1.807, 2.05) is 11.7 Å². The van der Waals surface area contributed by atoms with Gasteiger partial charge in [0.25, 0.3) is 0 Å². The van der Waals surface area contributed by atoms with Crippen LogP contribution in [0.5, 0.6) is 0 Å². The number of aromatic nitrogens is 3. The first-order valence-corrected chi connectivity index (χ1v) is 6.96. The van der Waals surface area contributed by atoms with Gasteiger partial charge in [0, 0.05) is 6.04 Å². The highest BCUT2D eigenvalue weighted by Crippen LogP contribution is 2.18. The summed E-state index contributed by atoms with van der Waals surface area (Å²) in [6.45, 7) is 8.74. The van der Waals surface area contributed by atoms with Gasteiger partial charge in [0.15, 0.2) is 0 Å². The van der Waals surface area contributed by atoms with Crippen molar-refractivity contribution in [2.24, 2.45) is 5.92 Å². The van der Waals surface area contributed by atoms with Crippen LogP contribution in [0.3, 0.4) is 0 Å². The van der Waals surface area contributed by atoms with Crippen LogP contribution < -0.4 is 5.32 Å². The van der Waals surface area contributed by atoms with Crippen molar-refractivity contribution in [2.75, 3.05) is 26.7 Å². The lowest BCUT2D eigenvalue weighted by molar-refractivity contribution is 0.170. The number of hydrogen-bond donors (Lipinski definition) is 1. The summed E-state index contributed by atoms with van der Waals surface area (Å²) in [6.07, 6.45) is 4.25. The van der Waals surface area contributed by atoms with Gasteiger partial charge >= 0.3 is 0 Å². The SMILES string of the molecule is CNCC1CCN(Cc2ncnn2C(C)C)CC1. The fraction of sp³-hybridized carbons (Fsp3) is 0.846. The highest BCUT2D eigenvalue weighted by Gasteiger charge is 2.20. The van der Waals surface area contributed by atoms with Gasteiger partial charge < -0.3 is 5.32 Å². The molecule has 2 heterocycles. The van der Waals surface area contributed by atoms with E-state index in [0.29, 0.717) is 6.04 Å². The van der Waals surface area contributed by atoms with Crippen molar-refractivity contribution in [3.05, 3.63) is 12.2 Å². The van der Waals surface area contributed by atoms with Gasteiger partial charge in [-0.25, -0.2) is 9.67 Å². The van der Waals surface area contributed by atoms with Gasteiger partial charge in [-0.15, -0.1) is 0 Å². The van der Waals surface area contributed by atoms with Crippen LogP contribution >= 0.6 is 0 Å². The maximum absolute atomic E-state index is 4.38. The van der Waals surface area contributed by atoms with Crippen molar-refractivity contribution in [1.29, 1.82) is 0 Å². The van der Waals surface area contributed by atoms with Crippen LogP contribution in [0, 0.1) is 5.92 Å². The fourth-order valence-electron chi connectivity index (χ4n) is 2.66. The van der Waals surface area contributed by atoms with E-state index in [-0.39, 0.29) is 0 Å². The molecule has 2 rings (SSSR count). The molecule has 0 amide bonds. The highest BCUT2D eigenvalue weighted by molar-refractivity contribution is 4.88. The molecule has 0 aliphatic carbocycles. The van der Waals surface area contributed by atoms with Crippen LogP contribution in [-0.2, 0) is 6.54 Å². The zero-order valence-electron chi connectivity index (χ0n) is 11.8. The second-order valence-corrected chi connectivity index (χ2v) is 5.49. The first kappa shape index (κ1) is 13.5. The zero-order valence-corrected chi connectivity index (χ0v) is 11.8.